The molecule has 1 saturated heterocycles. The number of likely N-dealkylation sites (tertiary alicyclic amines) is 1. The highest BCUT2D eigenvalue weighted by molar-refractivity contribution is 7.80. The number of pyridine rings is 1. The van der Waals surface area contributed by atoms with E-state index in [2.05, 4.69) is 58.5 Å². The molecule has 3 rings (SSSR count). The third-order valence-electron chi connectivity index (χ3n) is 4.60. The van der Waals surface area contributed by atoms with Gasteiger partial charge in [0.1, 0.15) is 5.82 Å². The Bertz CT molecular complexity index is 671. The van der Waals surface area contributed by atoms with Gasteiger partial charge in [-0.2, -0.15) is 0 Å². The first kappa shape index (κ1) is 16.9. The molecule has 1 aromatic heterocycles. The van der Waals surface area contributed by atoms with Crippen molar-refractivity contribution >= 4 is 23.1 Å². The summed E-state index contributed by atoms with van der Waals surface area (Å²) in [6.07, 6.45) is 3.56. The molecule has 0 amide bonds. The molecule has 0 unspecified atom stereocenters. The van der Waals surface area contributed by atoms with Crippen LogP contribution in [0.4, 0.5) is 5.82 Å². The fraction of sp³-hybridized carbons (Fsp3) is 0.400. The number of aryl methyl sites for hydroxylation is 2. The normalized spacial score (nSPS) is 15.3. The van der Waals surface area contributed by atoms with Gasteiger partial charge in [-0.05, 0) is 74.5 Å². The fourth-order valence-electron chi connectivity index (χ4n) is 3.38. The van der Waals surface area contributed by atoms with Crippen LogP contribution >= 0.6 is 12.2 Å². The molecule has 0 atom stereocenters. The summed E-state index contributed by atoms with van der Waals surface area (Å²) in [7, 11) is 0. The predicted molar refractivity (Wildman–Crippen MR) is 104 cm³/mol. The van der Waals surface area contributed by atoms with Crippen LogP contribution in [-0.4, -0.2) is 28.1 Å². The number of nitrogens with one attached hydrogen (secondary N) is 1. The van der Waals surface area contributed by atoms with Crippen LogP contribution in [0.3, 0.4) is 0 Å². The van der Waals surface area contributed by atoms with E-state index in [1.165, 1.54) is 30.4 Å². The first-order chi connectivity index (χ1) is 11.6. The molecule has 0 saturated carbocycles. The maximum atomic E-state index is 5.59. The van der Waals surface area contributed by atoms with Crippen LogP contribution in [0.1, 0.15) is 29.7 Å². The number of anilines is 1. The number of thiocarbonyl (C=S) groups is 1. The van der Waals surface area contributed by atoms with Crippen molar-refractivity contribution in [1.82, 2.24) is 9.88 Å². The van der Waals surface area contributed by atoms with Crippen LogP contribution in [0.2, 0.25) is 0 Å². The van der Waals surface area contributed by atoms with Crippen molar-refractivity contribution in [2.45, 2.75) is 33.1 Å². The number of hydrogen-bond donors (Lipinski definition) is 1. The number of hydrogen-bond acceptors (Lipinski definition) is 2. The number of benzene rings is 1. The van der Waals surface area contributed by atoms with E-state index in [9.17, 15) is 0 Å². The summed E-state index contributed by atoms with van der Waals surface area (Å²) in [5.74, 6) is 1.61. The molecule has 0 aliphatic carbocycles. The van der Waals surface area contributed by atoms with Crippen LogP contribution < -0.4 is 5.32 Å². The van der Waals surface area contributed by atoms with Crippen molar-refractivity contribution in [2.75, 3.05) is 18.4 Å². The lowest BCUT2D eigenvalue weighted by atomic mass is 9.90. The molecule has 4 heteroatoms. The average Bonchev–Trinajstić information content (AvgIpc) is 2.55. The van der Waals surface area contributed by atoms with Crippen LogP contribution in [0.5, 0.6) is 0 Å². The lowest BCUT2D eigenvalue weighted by molar-refractivity contribution is 0.268. The third-order valence-corrected chi connectivity index (χ3v) is 4.96. The number of rotatable bonds is 3. The first-order valence-electron chi connectivity index (χ1n) is 8.65. The van der Waals surface area contributed by atoms with Gasteiger partial charge >= 0.3 is 0 Å². The third kappa shape index (κ3) is 4.54. The second-order valence-electron chi connectivity index (χ2n) is 6.72. The zero-order valence-corrected chi connectivity index (χ0v) is 15.3. The Kier molecular flexibility index (Phi) is 5.46. The van der Waals surface area contributed by atoms with Gasteiger partial charge in [-0.25, -0.2) is 4.98 Å². The zero-order valence-electron chi connectivity index (χ0n) is 14.5. The smallest absolute Gasteiger partial charge is 0.174 e. The molecule has 1 aliphatic heterocycles. The van der Waals surface area contributed by atoms with E-state index in [-0.39, 0.29) is 0 Å². The van der Waals surface area contributed by atoms with Crippen molar-refractivity contribution < 1.29 is 0 Å². The SMILES string of the molecule is Cc1cc(C)nc(NC(=S)N2CCC(Cc3ccccc3)CC2)c1. The summed E-state index contributed by atoms with van der Waals surface area (Å²) in [4.78, 5) is 6.79. The summed E-state index contributed by atoms with van der Waals surface area (Å²) in [6, 6.07) is 14.9. The molecule has 1 N–H and O–H groups in total. The summed E-state index contributed by atoms with van der Waals surface area (Å²) in [5.41, 5.74) is 3.66. The maximum Gasteiger partial charge on any atom is 0.174 e. The minimum absolute atomic E-state index is 0.755. The Morgan fingerprint density at radius 2 is 1.88 bits per heavy atom. The molecule has 0 radical (unpaired) electrons. The average molecular weight is 340 g/mol. The molecular formula is C20H25N3S. The topological polar surface area (TPSA) is 28.2 Å². The largest absolute Gasteiger partial charge is 0.349 e. The van der Waals surface area contributed by atoms with Gasteiger partial charge in [0.05, 0.1) is 0 Å². The Morgan fingerprint density at radius 3 is 2.54 bits per heavy atom. The molecule has 0 spiro atoms. The summed E-state index contributed by atoms with van der Waals surface area (Å²) in [5, 5.41) is 4.10. The van der Waals surface area contributed by atoms with Crippen LogP contribution in [0.15, 0.2) is 42.5 Å². The second-order valence-corrected chi connectivity index (χ2v) is 7.11. The van der Waals surface area contributed by atoms with Gasteiger partial charge in [0, 0.05) is 18.8 Å². The van der Waals surface area contributed by atoms with Crippen molar-refractivity contribution in [2.24, 2.45) is 5.92 Å². The predicted octanol–water partition coefficient (Wildman–Crippen LogP) is 4.35. The van der Waals surface area contributed by atoms with Crippen LogP contribution in [0, 0.1) is 19.8 Å². The van der Waals surface area contributed by atoms with Crippen molar-refractivity contribution in [3.8, 4) is 0 Å². The van der Waals surface area contributed by atoms with E-state index < -0.39 is 0 Å². The highest BCUT2D eigenvalue weighted by Crippen LogP contribution is 2.22. The molecule has 2 heterocycles. The summed E-state index contributed by atoms with van der Waals surface area (Å²) in [6.45, 7) is 6.14. The van der Waals surface area contributed by atoms with E-state index >= 15 is 0 Å². The molecule has 3 nitrogen and oxygen atoms in total. The summed E-state index contributed by atoms with van der Waals surface area (Å²) >= 11 is 5.59. The van der Waals surface area contributed by atoms with E-state index in [1.54, 1.807) is 0 Å². The minimum atomic E-state index is 0.755. The van der Waals surface area contributed by atoms with Crippen molar-refractivity contribution in [3.05, 3.63) is 59.3 Å². The van der Waals surface area contributed by atoms with Gasteiger partial charge in [0.2, 0.25) is 0 Å². The fourth-order valence-corrected chi connectivity index (χ4v) is 3.67. The second kappa shape index (κ2) is 7.75. The molecule has 1 aromatic carbocycles. The standard InChI is InChI=1S/C20H25N3S/c1-15-12-16(2)21-19(13-15)22-20(24)23-10-8-18(9-11-23)14-17-6-4-3-5-7-17/h3-7,12-13,18H,8-11,14H2,1-2H3,(H,21,22,24). The lowest BCUT2D eigenvalue weighted by Crippen LogP contribution is -2.41. The van der Waals surface area contributed by atoms with Gasteiger partial charge in [-0.3, -0.25) is 0 Å². The molecule has 2 aromatic rings. The van der Waals surface area contributed by atoms with Crippen LogP contribution in [0.25, 0.3) is 0 Å². The Balaban J connectivity index is 1.51. The van der Waals surface area contributed by atoms with Gasteiger partial charge in [-0.15, -0.1) is 0 Å². The lowest BCUT2D eigenvalue weighted by Gasteiger charge is -2.33. The molecule has 1 fully saturated rings. The van der Waals surface area contributed by atoms with Crippen LogP contribution in [-0.2, 0) is 6.42 Å². The van der Waals surface area contributed by atoms with Gasteiger partial charge in [0.25, 0.3) is 0 Å². The van der Waals surface area contributed by atoms with Gasteiger partial charge < -0.3 is 10.2 Å². The molecule has 24 heavy (non-hydrogen) atoms. The van der Waals surface area contributed by atoms with Crippen molar-refractivity contribution in [1.29, 1.82) is 0 Å². The van der Waals surface area contributed by atoms with Crippen molar-refractivity contribution in [3.63, 3.8) is 0 Å². The number of aromatic nitrogens is 1. The zero-order chi connectivity index (χ0) is 16.9. The minimum Gasteiger partial charge on any atom is -0.349 e. The van der Waals surface area contributed by atoms with Gasteiger partial charge in [-0.1, -0.05) is 30.3 Å². The van der Waals surface area contributed by atoms with E-state index in [1.807, 2.05) is 13.0 Å². The number of nitrogens with zero attached hydrogens (tertiary/aromatic N) is 2. The van der Waals surface area contributed by atoms with E-state index in [4.69, 9.17) is 12.2 Å². The Hall–Kier alpha value is -1.94. The van der Waals surface area contributed by atoms with E-state index in [0.717, 1.165) is 35.6 Å². The highest BCUT2D eigenvalue weighted by Gasteiger charge is 2.21. The summed E-state index contributed by atoms with van der Waals surface area (Å²) < 4.78 is 0. The Labute approximate surface area is 150 Å². The number of piperidine rings is 1. The van der Waals surface area contributed by atoms with Gasteiger partial charge in [0.15, 0.2) is 5.11 Å². The molecule has 1 aliphatic rings. The monoisotopic (exact) mass is 339 g/mol. The Morgan fingerprint density at radius 1 is 1.17 bits per heavy atom. The quantitative estimate of drug-likeness (QED) is 0.842. The molecule has 126 valence electrons. The van der Waals surface area contributed by atoms with E-state index in [0.29, 0.717) is 0 Å². The molecular weight excluding hydrogens is 314 g/mol. The first-order valence-corrected chi connectivity index (χ1v) is 9.06. The highest BCUT2D eigenvalue weighted by atomic mass is 32.1. The molecule has 0 bridgehead atoms. The maximum absolute atomic E-state index is 5.59.